The van der Waals surface area contributed by atoms with Crippen LogP contribution in [0.5, 0.6) is 0 Å². The predicted molar refractivity (Wildman–Crippen MR) is 115 cm³/mol. The Hall–Kier alpha value is -3.05. The van der Waals surface area contributed by atoms with Gasteiger partial charge in [0.25, 0.3) is 10.0 Å². The van der Waals surface area contributed by atoms with Gasteiger partial charge in [-0.25, -0.2) is 23.1 Å². The number of anilines is 2. The van der Waals surface area contributed by atoms with Crippen LogP contribution in [0.15, 0.2) is 59.9 Å². The molecule has 0 spiro atoms. The fraction of sp³-hybridized carbons (Fsp3) is 0.222. The van der Waals surface area contributed by atoms with E-state index in [0.29, 0.717) is 17.3 Å². The maximum Gasteiger partial charge on any atom is 0.264 e. The molecule has 0 radical (unpaired) electrons. The molecule has 0 aliphatic heterocycles. The molecule has 9 nitrogen and oxygen atoms in total. The summed E-state index contributed by atoms with van der Waals surface area (Å²) in [6.45, 7) is 3.45. The number of rotatable bonds is 8. The second-order valence-electron chi connectivity index (χ2n) is 6.16. The van der Waals surface area contributed by atoms with E-state index in [-0.39, 0.29) is 10.8 Å². The molecule has 3 rings (SSSR count). The summed E-state index contributed by atoms with van der Waals surface area (Å²) in [6, 6.07) is 9.81. The Morgan fingerprint density at radius 2 is 1.86 bits per heavy atom. The standard InChI is InChI=1S/C18H21N7O2S2/c1-14-8-13-25(23-14)12-3-11-21-18(28)22-15-4-6-16(7-5-15)29(26,27)24-17-19-9-2-10-20-17/h2,4-10,13H,3,11-12H2,1H3,(H,19,20,24)(H2,21,22,28). The van der Waals surface area contributed by atoms with Crippen molar-refractivity contribution in [1.29, 1.82) is 0 Å². The molecule has 11 heteroatoms. The van der Waals surface area contributed by atoms with Crippen LogP contribution in [-0.2, 0) is 16.6 Å². The molecular formula is C18H21N7O2S2. The number of hydrogen-bond donors (Lipinski definition) is 3. The van der Waals surface area contributed by atoms with Crippen molar-refractivity contribution >= 4 is 39.0 Å². The molecule has 0 saturated heterocycles. The van der Waals surface area contributed by atoms with E-state index in [4.69, 9.17) is 12.2 Å². The van der Waals surface area contributed by atoms with Gasteiger partial charge in [-0.15, -0.1) is 0 Å². The molecule has 2 heterocycles. The Labute approximate surface area is 174 Å². The Bertz CT molecular complexity index is 1050. The van der Waals surface area contributed by atoms with Gasteiger partial charge in [-0.05, 0) is 62.0 Å². The van der Waals surface area contributed by atoms with Crippen molar-refractivity contribution in [2.75, 3.05) is 16.6 Å². The average molecular weight is 432 g/mol. The van der Waals surface area contributed by atoms with Gasteiger partial charge in [-0.1, -0.05) is 0 Å². The highest BCUT2D eigenvalue weighted by Crippen LogP contribution is 2.16. The molecule has 0 aliphatic rings. The summed E-state index contributed by atoms with van der Waals surface area (Å²) in [6.07, 6.45) is 5.73. The maximum atomic E-state index is 12.4. The summed E-state index contributed by atoms with van der Waals surface area (Å²) in [5, 5.41) is 10.9. The third-order valence-corrected chi connectivity index (χ3v) is 5.43. The van der Waals surface area contributed by atoms with Gasteiger partial charge in [0, 0.05) is 37.4 Å². The Balaban J connectivity index is 1.47. The fourth-order valence-electron chi connectivity index (χ4n) is 2.45. The van der Waals surface area contributed by atoms with Gasteiger partial charge >= 0.3 is 0 Å². The van der Waals surface area contributed by atoms with Gasteiger partial charge in [0.05, 0.1) is 10.6 Å². The van der Waals surface area contributed by atoms with Gasteiger partial charge in [0.2, 0.25) is 5.95 Å². The third-order valence-electron chi connectivity index (χ3n) is 3.84. The summed E-state index contributed by atoms with van der Waals surface area (Å²) in [7, 11) is -3.76. The molecule has 3 aromatic rings. The normalized spacial score (nSPS) is 11.1. The third kappa shape index (κ3) is 6.22. The molecule has 0 aliphatic carbocycles. The van der Waals surface area contributed by atoms with Crippen LogP contribution in [0.1, 0.15) is 12.1 Å². The van der Waals surface area contributed by atoms with Gasteiger partial charge in [-0.3, -0.25) is 4.68 Å². The quantitative estimate of drug-likeness (QED) is 0.367. The van der Waals surface area contributed by atoms with E-state index in [0.717, 1.165) is 18.7 Å². The van der Waals surface area contributed by atoms with E-state index < -0.39 is 10.0 Å². The van der Waals surface area contributed by atoms with Crippen molar-refractivity contribution in [2.45, 2.75) is 24.8 Å². The lowest BCUT2D eigenvalue weighted by molar-refractivity contribution is 0.570. The van der Waals surface area contributed by atoms with Crippen molar-refractivity contribution in [3.05, 3.63) is 60.7 Å². The van der Waals surface area contributed by atoms with Crippen molar-refractivity contribution in [1.82, 2.24) is 25.1 Å². The van der Waals surface area contributed by atoms with E-state index in [2.05, 4.69) is 30.4 Å². The minimum atomic E-state index is -3.76. The van der Waals surface area contributed by atoms with Gasteiger partial charge in [0.1, 0.15) is 0 Å². The summed E-state index contributed by atoms with van der Waals surface area (Å²) < 4.78 is 29.0. The molecule has 3 N–H and O–H groups in total. The van der Waals surface area contributed by atoms with Crippen LogP contribution in [0.4, 0.5) is 11.6 Å². The van der Waals surface area contributed by atoms with E-state index in [9.17, 15) is 8.42 Å². The zero-order valence-corrected chi connectivity index (χ0v) is 17.4. The van der Waals surface area contributed by atoms with Gasteiger partial charge < -0.3 is 10.6 Å². The molecule has 152 valence electrons. The lowest BCUT2D eigenvalue weighted by Gasteiger charge is -2.11. The number of aryl methyl sites for hydroxylation is 2. The van der Waals surface area contributed by atoms with Gasteiger partial charge in [0.15, 0.2) is 5.11 Å². The highest BCUT2D eigenvalue weighted by molar-refractivity contribution is 7.92. The topological polar surface area (TPSA) is 114 Å². The summed E-state index contributed by atoms with van der Waals surface area (Å²) in [4.78, 5) is 7.82. The van der Waals surface area contributed by atoms with E-state index >= 15 is 0 Å². The molecular weight excluding hydrogens is 410 g/mol. The van der Waals surface area contributed by atoms with Crippen LogP contribution in [0.3, 0.4) is 0 Å². The Morgan fingerprint density at radius 3 is 2.52 bits per heavy atom. The minimum Gasteiger partial charge on any atom is -0.362 e. The molecule has 0 fully saturated rings. The van der Waals surface area contributed by atoms with Crippen molar-refractivity contribution in [3.63, 3.8) is 0 Å². The Kier molecular flexibility index (Phi) is 6.73. The number of hydrogen-bond acceptors (Lipinski definition) is 6. The fourth-order valence-corrected chi connectivity index (χ4v) is 3.63. The smallest absolute Gasteiger partial charge is 0.264 e. The minimum absolute atomic E-state index is 0.0188. The van der Waals surface area contributed by atoms with E-state index in [1.165, 1.54) is 24.5 Å². The first-order chi connectivity index (χ1) is 13.9. The number of benzene rings is 1. The molecule has 0 bridgehead atoms. The lowest BCUT2D eigenvalue weighted by Crippen LogP contribution is -2.29. The molecule has 0 amide bonds. The number of nitrogens with zero attached hydrogens (tertiary/aromatic N) is 4. The number of thiocarbonyl (C=S) groups is 1. The lowest BCUT2D eigenvalue weighted by atomic mass is 10.3. The highest BCUT2D eigenvalue weighted by Gasteiger charge is 2.15. The maximum absolute atomic E-state index is 12.4. The van der Waals surface area contributed by atoms with Crippen LogP contribution in [0.25, 0.3) is 0 Å². The monoisotopic (exact) mass is 431 g/mol. The zero-order chi connectivity index (χ0) is 20.7. The molecule has 0 saturated carbocycles. The summed E-state index contributed by atoms with van der Waals surface area (Å²) in [5.74, 6) is 0.0188. The van der Waals surface area contributed by atoms with Crippen LogP contribution in [0.2, 0.25) is 0 Å². The summed E-state index contributed by atoms with van der Waals surface area (Å²) in [5.41, 5.74) is 1.67. The number of nitrogens with one attached hydrogen (secondary N) is 3. The van der Waals surface area contributed by atoms with E-state index in [1.807, 2.05) is 23.9 Å². The SMILES string of the molecule is Cc1ccn(CCCNC(=S)Nc2ccc(S(=O)(=O)Nc3ncccn3)cc2)n1. The zero-order valence-electron chi connectivity index (χ0n) is 15.7. The van der Waals surface area contributed by atoms with Crippen molar-refractivity contribution in [2.24, 2.45) is 0 Å². The molecule has 0 atom stereocenters. The van der Waals surface area contributed by atoms with Crippen LogP contribution >= 0.6 is 12.2 Å². The molecule has 1 aromatic carbocycles. The predicted octanol–water partition coefficient (Wildman–Crippen LogP) is 2.16. The van der Waals surface area contributed by atoms with E-state index in [1.54, 1.807) is 18.2 Å². The summed E-state index contributed by atoms with van der Waals surface area (Å²) >= 11 is 5.27. The number of aromatic nitrogens is 4. The molecule has 0 unspecified atom stereocenters. The molecule has 29 heavy (non-hydrogen) atoms. The first-order valence-electron chi connectivity index (χ1n) is 8.87. The highest BCUT2D eigenvalue weighted by atomic mass is 32.2. The van der Waals surface area contributed by atoms with Crippen molar-refractivity contribution < 1.29 is 8.42 Å². The molecule has 2 aromatic heterocycles. The second kappa shape index (κ2) is 9.43. The largest absolute Gasteiger partial charge is 0.362 e. The van der Waals surface area contributed by atoms with Crippen molar-refractivity contribution in [3.8, 4) is 0 Å². The van der Waals surface area contributed by atoms with Crippen LogP contribution < -0.4 is 15.4 Å². The first-order valence-corrected chi connectivity index (χ1v) is 10.8. The number of sulfonamides is 1. The van der Waals surface area contributed by atoms with Crippen LogP contribution in [-0.4, -0.2) is 39.8 Å². The van der Waals surface area contributed by atoms with Gasteiger partial charge in [-0.2, -0.15) is 5.10 Å². The van der Waals surface area contributed by atoms with Crippen LogP contribution in [0, 0.1) is 6.92 Å². The first kappa shape index (κ1) is 20.7. The second-order valence-corrected chi connectivity index (χ2v) is 8.25. The average Bonchev–Trinajstić information content (AvgIpc) is 3.11. The Morgan fingerprint density at radius 1 is 1.14 bits per heavy atom.